The van der Waals surface area contributed by atoms with Crippen LogP contribution in [-0.2, 0) is 27.8 Å². The molecule has 0 saturated heterocycles. The molecule has 6 heteroatoms. The molecule has 1 amide bonds. The summed E-state index contributed by atoms with van der Waals surface area (Å²) in [5, 5.41) is 1.59. The minimum absolute atomic E-state index is 0.276. The molecular weight excluding hydrogens is 326 g/mol. The van der Waals surface area contributed by atoms with Gasteiger partial charge in [0.25, 0.3) is 0 Å². The quantitative estimate of drug-likeness (QED) is 0.834. The van der Waals surface area contributed by atoms with Crippen LogP contribution in [0.2, 0.25) is 0 Å². The van der Waals surface area contributed by atoms with Crippen molar-refractivity contribution in [3.63, 3.8) is 0 Å². The summed E-state index contributed by atoms with van der Waals surface area (Å²) >= 11 is 0. The van der Waals surface area contributed by atoms with Crippen LogP contribution in [0.15, 0.2) is 54.6 Å². The number of sulfone groups is 1. The topological polar surface area (TPSA) is 72.5 Å². The van der Waals surface area contributed by atoms with E-state index < -0.39 is 21.0 Å². The Morgan fingerprint density at radius 2 is 1.75 bits per heavy atom. The van der Waals surface area contributed by atoms with Crippen LogP contribution in [-0.4, -0.2) is 25.8 Å². The predicted molar refractivity (Wildman–Crippen MR) is 93.4 cm³/mol. The van der Waals surface area contributed by atoms with Gasteiger partial charge in [0.05, 0.1) is 0 Å². The van der Waals surface area contributed by atoms with Gasteiger partial charge in [0.1, 0.15) is 17.6 Å². The summed E-state index contributed by atoms with van der Waals surface area (Å²) in [6.45, 7) is 2.08. The number of ether oxygens (including phenoxy) is 1. The molecule has 0 aliphatic heterocycles. The van der Waals surface area contributed by atoms with Gasteiger partial charge >= 0.3 is 0 Å². The highest BCUT2D eigenvalue weighted by Gasteiger charge is 2.22. The number of benzene rings is 2. The van der Waals surface area contributed by atoms with E-state index in [0.717, 1.165) is 23.1 Å². The summed E-state index contributed by atoms with van der Waals surface area (Å²) in [5.74, 6) is 0.293. The van der Waals surface area contributed by atoms with Gasteiger partial charge in [0, 0.05) is 12.8 Å². The molecule has 0 fully saturated rings. The third kappa shape index (κ3) is 5.38. The van der Waals surface area contributed by atoms with E-state index in [1.165, 1.54) is 6.92 Å². The maximum atomic E-state index is 11.8. The fourth-order valence-electron chi connectivity index (χ4n) is 2.04. The molecule has 2 rings (SSSR count). The van der Waals surface area contributed by atoms with Gasteiger partial charge in [-0.05, 0) is 30.2 Å². The second-order valence-electron chi connectivity index (χ2n) is 5.61. The number of amides is 1. The fraction of sp³-hybridized carbons (Fsp3) is 0.278. The van der Waals surface area contributed by atoms with Crippen LogP contribution >= 0.6 is 0 Å². The summed E-state index contributed by atoms with van der Waals surface area (Å²) in [6, 6.07) is 17.1. The number of nitrogens with one attached hydrogen (secondary N) is 1. The number of carbonyl (C=O) groups is 1. The number of rotatable bonds is 7. The van der Waals surface area contributed by atoms with Crippen molar-refractivity contribution in [2.45, 2.75) is 25.3 Å². The van der Waals surface area contributed by atoms with E-state index in [1.54, 1.807) is 0 Å². The molecule has 0 aliphatic rings. The van der Waals surface area contributed by atoms with Crippen molar-refractivity contribution >= 4 is 15.7 Å². The maximum absolute atomic E-state index is 11.8. The molecule has 0 bridgehead atoms. The van der Waals surface area contributed by atoms with Crippen LogP contribution in [0.4, 0.5) is 0 Å². The standard InChI is InChI=1S/C18H21NO4S/c1-14(24(2,21)22)18(20)19-12-15-7-6-8-16(11-15)13-23-17-9-4-3-5-10-17/h3-11,14H,12-13H2,1-2H3,(H,19,20)/t14-/m0/s1. The summed E-state index contributed by atoms with van der Waals surface area (Å²) < 4.78 is 28.5. The normalized spacial score (nSPS) is 12.4. The van der Waals surface area contributed by atoms with E-state index in [-0.39, 0.29) is 6.54 Å². The zero-order chi connectivity index (χ0) is 17.6. The predicted octanol–water partition coefficient (Wildman–Crippen LogP) is 2.31. The molecule has 1 N–H and O–H groups in total. The molecule has 5 nitrogen and oxygen atoms in total. The van der Waals surface area contributed by atoms with E-state index in [0.29, 0.717) is 6.61 Å². The smallest absolute Gasteiger partial charge is 0.238 e. The van der Waals surface area contributed by atoms with Gasteiger partial charge < -0.3 is 10.1 Å². The molecule has 0 unspecified atom stereocenters. The zero-order valence-electron chi connectivity index (χ0n) is 13.7. The summed E-state index contributed by atoms with van der Waals surface area (Å²) in [6.07, 6.45) is 1.05. The highest BCUT2D eigenvalue weighted by molar-refractivity contribution is 7.92. The average Bonchev–Trinajstić information content (AvgIpc) is 2.57. The fourth-order valence-corrected chi connectivity index (χ4v) is 2.51. The van der Waals surface area contributed by atoms with Gasteiger partial charge in [-0.25, -0.2) is 8.42 Å². The number of para-hydroxylation sites is 1. The van der Waals surface area contributed by atoms with Gasteiger partial charge in [-0.3, -0.25) is 4.79 Å². The molecule has 0 heterocycles. The molecule has 0 spiro atoms. The molecule has 2 aromatic rings. The first-order valence-corrected chi connectivity index (χ1v) is 9.54. The van der Waals surface area contributed by atoms with Crippen LogP contribution in [0.3, 0.4) is 0 Å². The first kappa shape index (κ1) is 18.0. The van der Waals surface area contributed by atoms with E-state index in [4.69, 9.17) is 4.74 Å². The third-order valence-corrected chi connectivity index (χ3v) is 5.12. The van der Waals surface area contributed by atoms with Crippen molar-refractivity contribution in [3.8, 4) is 5.75 Å². The summed E-state index contributed by atoms with van der Waals surface area (Å²) in [5.41, 5.74) is 1.86. The van der Waals surface area contributed by atoms with Gasteiger partial charge in [-0.15, -0.1) is 0 Å². The Balaban J connectivity index is 1.92. The van der Waals surface area contributed by atoms with Gasteiger partial charge in [-0.1, -0.05) is 42.5 Å². The lowest BCUT2D eigenvalue weighted by atomic mass is 10.1. The molecule has 128 valence electrons. The molecule has 24 heavy (non-hydrogen) atoms. The molecule has 0 radical (unpaired) electrons. The van der Waals surface area contributed by atoms with Crippen molar-refractivity contribution in [1.82, 2.24) is 5.32 Å². The Kier molecular flexibility index (Phi) is 5.98. The highest BCUT2D eigenvalue weighted by Crippen LogP contribution is 2.13. The lowest BCUT2D eigenvalue weighted by molar-refractivity contribution is -0.120. The van der Waals surface area contributed by atoms with E-state index in [1.807, 2.05) is 54.6 Å². The maximum Gasteiger partial charge on any atom is 0.238 e. The van der Waals surface area contributed by atoms with Gasteiger partial charge in [0.15, 0.2) is 9.84 Å². The Bertz CT molecular complexity index is 788. The van der Waals surface area contributed by atoms with Crippen molar-refractivity contribution < 1.29 is 17.9 Å². The minimum Gasteiger partial charge on any atom is -0.489 e. The van der Waals surface area contributed by atoms with E-state index in [2.05, 4.69) is 5.32 Å². The summed E-state index contributed by atoms with van der Waals surface area (Å²) in [4.78, 5) is 11.8. The van der Waals surface area contributed by atoms with Crippen molar-refractivity contribution in [1.29, 1.82) is 0 Å². The molecule has 0 saturated carbocycles. The lowest BCUT2D eigenvalue weighted by Crippen LogP contribution is -2.37. The van der Waals surface area contributed by atoms with Crippen LogP contribution in [0.25, 0.3) is 0 Å². The van der Waals surface area contributed by atoms with Crippen molar-refractivity contribution in [3.05, 3.63) is 65.7 Å². The lowest BCUT2D eigenvalue weighted by Gasteiger charge is -2.11. The Morgan fingerprint density at radius 1 is 1.08 bits per heavy atom. The number of hydrogen-bond donors (Lipinski definition) is 1. The highest BCUT2D eigenvalue weighted by atomic mass is 32.2. The van der Waals surface area contributed by atoms with Crippen LogP contribution < -0.4 is 10.1 Å². The molecule has 0 aromatic heterocycles. The monoisotopic (exact) mass is 347 g/mol. The Hall–Kier alpha value is -2.34. The average molecular weight is 347 g/mol. The van der Waals surface area contributed by atoms with Crippen LogP contribution in [0.1, 0.15) is 18.1 Å². The van der Waals surface area contributed by atoms with Crippen molar-refractivity contribution in [2.75, 3.05) is 6.26 Å². The minimum atomic E-state index is -3.39. The Labute approximate surface area is 142 Å². The van der Waals surface area contributed by atoms with Gasteiger partial charge in [0.2, 0.25) is 5.91 Å². The number of hydrogen-bond acceptors (Lipinski definition) is 4. The van der Waals surface area contributed by atoms with Gasteiger partial charge in [-0.2, -0.15) is 0 Å². The third-order valence-electron chi connectivity index (χ3n) is 3.62. The zero-order valence-corrected chi connectivity index (χ0v) is 14.5. The van der Waals surface area contributed by atoms with E-state index in [9.17, 15) is 13.2 Å². The molecule has 1 atom stereocenters. The van der Waals surface area contributed by atoms with Crippen LogP contribution in [0.5, 0.6) is 5.75 Å². The van der Waals surface area contributed by atoms with E-state index >= 15 is 0 Å². The largest absolute Gasteiger partial charge is 0.489 e. The molecule has 2 aromatic carbocycles. The summed E-state index contributed by atoms with van der Waals surface area (Å²) in [7, 11) is -3.39. The first-order valence-electron chi connectivity index (χ1n) is 7.58. The number of carbonyl (C=O) groups excluding carboxylic acids is 1. The van der Waals surface area contributed by atoms with Crippen LogP contribution in [0, 0.1) is 0 Å². The first-order chi connectivity index (χ1) is 11.4. The Morgan fingerprint density at radius 3 is 2.42 bits per heavy atom. The molecule has 0 aliphatic carbocycles. The second kappa shape index (κ2) is 7.97. The SMILES string of the molecule is C[C@@H](C(=O)NCc1cccc(COc2ccccc2)c1)S(C)(=O)=O. The molecular formula is C18H21NO4S. The second-order valence-corrected chi connectivity index (χ2v) is 7.98. The van der Waals surface area contributed by atoms with Crippen molar-refractivity contribution in [2.24, 2.45) is 0 Å².